The highest BCUT2D eigenvalue weighted by Gasteiger charge is 2.39. The molecule has 4 rings (SSSR count). The number of benzene rings is 2. The van der Waals surface area contributed by atoms with Gasteiger partial charge >= 0.3 is 0 Å². The van der Waals surface area contributed by atoms with E-state index in [1.807, 2.05) is 49.4 Å². The number of allylic oxidation sites excluding steroid dienone is 3. The number of sulfonamides is 1. The Hall–Kier alpha value is -1.88. The average molecular weight is 442 g/mol. The van der Waals surface area contributed by atoms with Crippen molar-refractivity contribution < 1.29 is 8.42 Å². The Labute approximate surface area is 185 Å². The van der Waals surface area contributed by atoms with Gasteiger partial charge in [0.05, 0.1) is 10.3 Å². The summed E-state index contributed by atoms with van der Waals surface area (Å²) >= 11 is 6.93. The van der Waals surface area contributed by atoms with Gasteiger partial charge in [-0.2, -0.15) is 4.31 Å². The highest BCUT2D eigenvalue weighted by atomic mass is 35.5. The molecular formula is C25H28ClNO2S. The first-order valence-corrected chi connectivity index (χ1v) is 12.5. The number of hydrogen-bond acceptors (Lipinski definition) is 2. The Morgan fingerprint density at radius 2 is 1.80 bits per heavy atom. The molecule has 1 aliphatic heterocycles. The monoisotopic (exact) mass is 441 g/mol. The second-order valence-electron chi connectivity index (χ2n) is 8.27. The van der Waals surface area contributed by atoms with Gasteiger partial charge in [-0.3, -0.25) is 0 Å². The first-order valence-electron chi connectivity index (χ1n) is 10.6. The maximum absolute atomic E-state index is 13.3. The van der Waals surface area contributed by atoms with Crippen molar-refractivity contribution in [2.75, 3.05) is 13.1 Å². The largest absolute Gasteiger partial charge is 0.243 e. The van der Waals surface area contributed by atoms with Gasteiger partial charge in [0, 0.05) is 19.0 Å². The molecule has 0 bridgehead atoms. The molecule has 1 saturated heterocycles. The van der Waals surface area contributed by atoms with Crippen molar-refractivity contribution in [3.63, 3.8) is 0 Å². The second-order valence-corrected chi connectivity index (χ2v) is 10.7. The zero-order valence-electron chi connectivity index (χ0n) is 17.3. The molecule has 0 N–H and O–H groups in total. The van der Waals surface area contributed by atoms with Gasteiger partial charge < -0.3 is 0 Å². The lowest BCUT2D eigenvalue weighted by Gasteiger charge is -2.20. The van der Waals surface area contributed by atoms with E-state index in [-0.39, 0.29) is 11.3 Å². The molecule has 5 heteroatoms. The van der Waals surface area contributed by atoms with Crippen LogP contribution in [0.25, 0.3) is 0 Å². The minimum Gasteiger partial charge on any atom is -0.207 e. The summed E-state index contributed by atoms with van der Waals surface area (Å²) in [6.45, 7) is 2.76. The molecule has 0 spiro atoms. The Morgan fingerprint density at radius 1 is 1.07 bits per heavy atom. The smallest absolute Gasteiger partial charge is 0.207 e. The normalized spacial score (nSPS) is 22.8. The molecule has 2 aliphatic rings. The van der Waals surface area contributed by atoms with Gasteiger partial charge in [0.1, 0.15) is 0 Å². The van der Waals surface area contributed by atoms with Crippen molar-refractivity contribution in [1.82, 2.24) is 4.31 Å². The number of aryl methyl sites for hydroxylation is 1. The van der Waals surface area contributed by atoms with Gasteiger partial charge in [-0.25, -0.2) is 8.42 Å². The molecule has 2 aromatic carbocycles. The van der Waals surface area contributed by atoms with Gasteiger partial charge in [-0.15, -0.1) is 11.6 Å². The van der Waals surface area contributed by atoms with Crippen molar-refractivity contribution >= 4 is 21.6 Å². The zero-order valence-corrected chi connectivity index (χ0v) is 18.9. The van der Waals surface area contributed by atoms with Crippen molar-refractivity contribution in [1.29, 1.82) is 0 Å². The summed E-state index contributed by atoms with van der Waals surface area (Å²) in [7, 11) is -3.56. The van der Waals surface area contributed by atoms with Crippen molar-refractivity contribution in [3.8, 4) is 0 Å². The van der Waals surface area contributed by atoms with Gasteiger partial charge in [0.2, 0.25) is 10.0 Å². The molecule has 0 radical (unpaired) electrons. The van der Waals surface area contributed by atoms with Crippen LogP contribution >= 0.6 is 11.6 Å². The lowest BCUT2D eigenvalue weighted by molar-refractivity contribution is 0.453. The van der Waals surface area contributed by atoms with Crippen LogP contribution in [0.2, 0.25) is 0 Å². The molecule has 30 heavy (non-hydrogen) atoms. The molecule has 0 aromatic heterocycles. The summed E-state index contributed by atoms with van der Waals surface area (Å²) in [5, 5.41) is -0.264. The van der Waals surface area contributed by atoms with Crippen LogP contribution in [0.5, 0.6) is 0 Å². The van der Waals surface area contributed by atoms with E-state index in [2.05, 4.69) is 12.2 Å². The third-order valence-electron chi connectivity index (χ3n) is 6.06. The molecule has 1 fully saturated rings. The maximum Gasteiger partial charge on any atom is 0.243 e. The van der Waals surface area contributed by atoms with E-state index in [1.165, 1.54) is 18.4 Å². The predicted octanol–water partition coefficient (Wildman–Crippen LogP) is 6.02. The second kappa shape index (κ2) is 9.09. The minimum absolute atomic E-state index is 0.0443. The van der Waals surface area contributed by atoms with Gasteiger partial charge in [-0.05, 0) is 55.9 Å². The molecule has 1 aliphatic carbocycles. The lowest BCUT2D eigenvalue weighted by Crippen LogP contribution is -2.29. The van der Waals surface area contributed by atoms with E-state index in [0.29, 0.717) is 18.0 Å². The van der Waals surface area contributed by atoms with Crippen LogP contribution in [0.15, 0.2) is 82.8 Å². The van der Waals surface area contributed by atoms with Crippen LogP contribution in [0.1, 0.15) is 42.2 Å². The van der Waals surface area contributed by atoms with E-state index >= 15 is 0 Å². The van der Waals surface area contributed by atoms with Crippen LogP contribution in [0, 0.1) is 12.8 Å². The third-order valence-corrected chi connectivity index (χ3v) is 8.44. The van der Waals surface area contributed by atoms with E-state index in [1.54, 1.807) is 16.4 Å². The zero-order chi connectivity index (χ0) is 21.1. The molecule has 2 atom stereocenters. The predicted molar refractivity (Wildman–Crippen MR) is 123 cm³/mol. The van der Waals surface area contributed by atoms with Crippen LogP contribution in [0.4, 0.5) is 0 Å². The van der Waals surface area contributed by atoms with Gasteiger partial charge in [0.25, 0.3) is 0 Å². The lowest BCUT2D eigenvalue weighted by atomic mass is 9.90. The third kappa shape index (κ3) is 4.56. The maximum atomic E-state index is 13.3. The Balaban J connectivity index is 1.67. The highest BCUT2D eigenvalue weighted by Crippen LogP contribution is 2.41. The fourth-order valence-corrected chi connectivity index (χ4v) is 6.14. The van der Waals surface area contributed by atoms with Crippen LogP contribution in [-0.4, -0.2) is 25.8 Å². The Kier molecular flexibility index (Phi) is 6.47. The fourth-order valence-electron chi connectivity index (χ4n) is 4.30. The fraction of sp³-hybridized carbons (Fsp3) is 0.360. The first kappa shape index (κ1) is 21.4. The molecule has 0 unspecified atom stereocenters. The molecule has 158 valence electrons. The van der Waals surface area contributed by atoms with Crippen molar-refractivity contribution in [3.05, 3.63) is 89.0 Å². The van der Waals surface area contributed by atoms with Crippen LogP contribution < -0.4 is 0 Å². The summed E-state index contributed by atoms with van der Waals surface area (Å²) in [5.74, 6) is -0.0443. The van der Waals surface area contributed by atoms with Crippen LogP contribution in [0.3, 0.4) is 0 Å². The first-order chi connectivity index (χ1) is 14.4. The minimum atomic E-state index is -3.56. The standard InChI is InChI=1S/C25H28ClNO2S/c1-19-12-14-23(15-13-19)30(28,29)27-17-22(16-20-8-4-2-5-9-20)24(18-27)25(26)21-10-6-3-7-11-21/h3,6-8,10-16,24-25H,2,4-5,9,17-18H2,1H3/b22-16+/t24-,25-/m1/s1. The molecule has 0 amide bonds. The Bertz CT molecular complexity index is 1040. The highest BCUT2D eigenvalue weighted by molar-refractivity contribution is 7.89. The van der Waals surface area contributed by atoms with E-state index < -0.39 is 10.0 Å². The summed E-state index contributed by atoms with van der Waals surface area (Å²) in [6, 6.07) is 17.1. The quantitative estimate of drug-likeness (QED) is 0.532. The van der Waals surface area contributed by atoms with E-state index in [0.717, 1.165) is 29.5 Å². The summed E-state index contributed by atoms with van der Waals surface area (Å²) < 4.78 is 28.3. The van der Waals surface area contributed by atoms with Crippen molar-refractivity contribution in [2.45, 2.75) is 42.9 Å². The van der Waals surface area contributed by atoms with E-state index in [4.69, 9.17) is 11.6 Å². The summed E-state index contributed by atoms with van der Waals surface area (Å²) in [6.07, 6.45) is 9.07. The molecule has 1 heterocycles. The number of halogens is 1. The number of hydrogen-bond donors (Lipinski definition) is 0. The summed E-state index contributed by atoms with van der Waals surface area (Å²) in [5.41, 5.74) is 4.50. The van der Waals surface area contributed by atoms with E-state index in [9.17, 15) is 8.42 Å². The van der Waals surface area contributed by atoms with Gasteiger partial charge in [-0.1, -0.05) is 65.8 Å². The number of nitrogens with zero attached hydrogens (tertiary/aromatic N) is 1. The SMILES string of the molecule is Cc1ccc(S(=O)(=O)N2C/C(=C\C3=CCCCC3)[C@H]([C@H](Cl)c3ccccc3)C2)cc1. The average Bonchev–Trinajstić information content (AvgIpc) is 3.19. The number of rotatable bonds is 5. The van der Waals surface area contributed by atoms with Crippen molar-refractivity contribution in [2.24, 2.45) is 5.92 Å². The molecular weight excluding hydrogens is 414 g/mol. The molecule has 3 nitrogen and oxygen atoms in total. The number of alkyl halides is 1. The van der Waals surface area contributed by atoms with Crippen LogP contribution in [-0.2, 0) is 10.0 Å². The summed E-state index contributed by atoms with van der Waals surface area (Å²) in [4.78, 5) is 0.343. The van der Waals surface area contributed by atoms with Gasteiger partial charge in [0.15, 0.2) is 0 Å². The molecule has 2 aromatic rings. The topological polar surface area (TPSA) is 37.4 Å². The molecule has 0 saturated carbocycles. The Morgan fingerprint density at radius 3 is 2.47 bits per heavy atom.